The Labute approximate surface area is 161 Å². The molecule has 0 aliphatic rings. The molecule has 2 rings (SSSR count). The molecule has 0 fully saturated rings. The minimum atomic E-state index is -0.493. The van der Waals surface area contributed by atoms with E-state index in [1.165, 1.54) is 6.08 Å². The van der Waals surface area contributed by atoms with Crippen LogP contribution in [0.3, 0.4) is 0 Å². The summed E-state index contributed by atoms with van der Waals surface area (Å²) in [7, 11) is 0. The fraction of sp³-hybridized carbons (Fsp3) is 0.200. The second kappa shape index (κ2) is 8.54. The van der Waals surface area contributed by atoms with Crippen molar-refractivity contribution in [3.63, 3.8) is 0 Å². The first-order valence-electron chi connectivity index (χ1n) is 8.02. The van der Waals surface area contributed by atoms with Crippen LogP contribution in [0.2, 0.25) is 0 Å². The molecule has 0 radical (unpaired) electrons. The highest BCUT2D eigenvalue weighted by Gasteiger charge is 2.14. The normalized spacial score (nSPS) is 11.0. The van der Waals surface area contributed by atoms with E-state index in [-0.39, 0.29) is 17.1 Å². The van der Waals surface area contributed by atoms with Crippen molar-refractivity contribution in [3.8, 4) is 17.6 Å². The molecule has 2 aromatic rings. The number of phenolic OH excluding ortho intramolecular Hbond substituents is 1. The smallest absolute Gasteiger partial charge is 0.266 e. The van der Waals surface area contributed by atoms with Gasteiger partial charge in [0, 0.05) is 5.69 Å². The summed E-state index contributed by atoms with van der Waals surface area (Å²) < 4.78 is 5.79. The van der Waals surface area contributed by atoms with Gasteiger partial charge in [-0.15, -0.1) is 0 Å². The van der Waals surface area contributed by atoms with Gasteiger partial charge in [0.15, 0.2) is 11.5 Å². The van der Waals surface area contributed by atoms with Crippen molar-refractivity contribution in [3.05, 3.63) is 57.1 Å². The number of ether oxygens (including phenoxy) is 1. The highest BCUT2D eigenvalue weighted by Crippen LogP contribution is 2.36. The maximum Gasteiger partial charge on any atom is 0.266 e. The average molecular weight is 415 g/mol. The van der Waals surface area contributed by atoms with E-state index in [2.05, 4.69) is 21.2 Å². The number of amides is 1. The van der Waals surface area contributed by atoms with Crippen molar-refractivity contribution in [1.29, 1.82) is 5.26 Å². The SMILES string of the molecule is CCOc1cc(/C=C(\C#N)C(=O)Nc2c(C)cccc2C)cc(Br)c1O. The van der Waals surface area contributed by atoms with Gasteiger partial charge in [-0.05, 0) is 71.6 Å². The Bertz CT molecular complexity index is 894. The Morgan fingerprint density at radius 2 is 2.00 bits per heavy atom. The largest absolute Gasteiger partial charge is 0.503 e. The van der Waals surface area contributed by atoms with Gasteiger partial charge in [0.2, 0.25) is 0 Å². The zero-order valence-corrected chi connectivity index (χ0v) is 16.3. The molecule has 0 saturated carbocycles. The van der Waals surface area contributed by atoms with E-state index in [1.807, 2.05) is 38.1 Å². The number of para-hydroxylation sites is 1. The van der Waals surface area contributed by atoms with E-state index in [9.17, 15) is 15.2 Å². The number of aryl methyl sites for hydroxylation is 2. The summed E-state index contributed by atoms with van der Waals surface area (Å²) >= 11 is 3.25. The molecule has 0 aliphatic carbocycles. The zero-order chi connectivity index (χ0) is 19.3. The molecular formula is C20H19BrN2O3. The van der Waals surface area contributed by atoms with Crippen molar-refractivity contribution in [2.75, 3.05) is 11.9 Å². The highest BCUT2D eigenvalue weighted by atomic mass is 79.9. The van der Waals surface area contributed by atoms with E-state index in [4.69, 9.17) is 4.74 Å². The van der Waals surface area contributed by atoms with Crippen molar-refractivity contribution in [2.45, 2.75) is 20.8 Å². The summed E-state index contributed by atoms with van der Waals surface area (Å²) in [6.07, 6.45) is 1.45. The molecule has 0 unspecified atom stereocenters. The van der Waals surface area contributed by atoms with Gasteiger partial charge in [-0.2, -0.15) is 5.26 Å². The molecule has 2 aromatic carbocycles. The van der Waals surface area contributed by atoms with E-state index < -0.39 is 5.91 Å². The van der Waals surface area contributed by atoms with Gasteiger partial charge in [-0.25, -0.2) is 0 Å². The Morgan fingerprint density at radius 1 is 1.35 bits per heavy atom. The van der Waals surface area contributed by atoms with Gasteiger partial charge in [-0.1, -0.05) is 18.2 Å². The van der Waals surface area contributed by atoms with Gasteiger partial charge < -0.3 is 15.2 Å². The molecule has 134 valence electrons. The van der Waals surface area contributed by atoms with E-state index >= 15 is 0 Å². The lowest BCUT2D eigenvalue weighted by molar-refractivity contribution is -0.112. The van der Waals surface area contributed by atoms with E-state index in [0.29, 0.717) is 22.3 Å². The maximum absolute atomic E-state index is 12.5. The Morgan fingerprint density at radius 3 is 2.58 bits per heavy atom. The molecule has 0 aromatic heterocycles. The molecule has 0 saturated heterocycles. The Hall–Kier alpha value is -2.78. The van der Waals surface area contributed by atoms with Crippen LogP contribution in [0.1, 0.15) is 23.6 Å². The standard InChI is InChI=1S/C20H19BrN2O3/c1-4-26-17-10-14(9-16(21)19(17)24)8-15(11-22)20(25)23-18-12(2)6-5-7-13(18)3/h5-10,24H,4H2,1-3H3,(H,23,25)/b15-8+. The summed E-state index contributed by atoms with van der Waals surface area (Å²) in [6, 6.07) is 10.8. The number of nitrogens with zero attached hydrogens (tertiary/aromatic N) is 1. The fourth-order valence-corrected chi connectivity index (χ4v) is 2.91. The molecule has 0 spiro atoms. The topological polar surface area (TPSA) is 82.3 Å². The van der Waals surface area contributed by atoms with Crippen LogP contribution >= 0.6 is 15.9 Å². The van der Waals surface area contributed by atoms with Crippen LogP contribution in [0.4, 0.5) is 5.69 Å². The molecule has 0 aliphatic heterocycles. The number of hydrogen-bond acceptors (Lipinski definition) is 4. The molecule has 0 bridgehead atoms. The van der Waals surface area contributed by atoms with E-state index in [0.717, 1.165) is 11.1 Å². The van der Waals surface area contributed by atoms with Crippen LogP contribution in [0.25, 0.3) is 6.08 Å². The Balaban J connectivity index is 2.36. The van der Waals surface area contributed by atoms with Gasteiger partial charge in [0.05, 0.1) is 11.1 Å². The lowest BCUT2D eigenvalue weighted by Crippen LogP contribution is -2.15. The number of benzene rings is 2. The Kier molecular flexibility index (Phi) is 6.42. The monoisotopic (exact) mass is 414 g/mol. The third-order valence-corrected chi connectivity index (χ3v) is 4.35. The van der Waals surface area contributed by atoms with Crippen LogP contribution in [-0.2, 0) is 4.79 Å². The van der Waals surface area contributed by atoms with Gasteiger partial charge in [0.25, 0.3) is 5.91 Å². The van der Waals surface area contributed by atoms with Gasteiger partial charge in [0.1, 0.15) is 11.6 Å². The van der Waals surface area contributed by atoms with E-state index in [1.54, 1.807) is 19.1 Å². The summed E-state index contributed by atoms with van der Waals surface area (Å²) in [5.41, 5.74) is 3.04. The van der Waals surface area contributed by atoms with Crippen molar-refractivity contribution < 1.29 is 14.6 Å². The maximum atomic E-state index is 12.5. The van der Waals surface area contributed by atoms with Gasteiger partial charge >= 0.3 is 0 Å². The summed E-state index contributed by atoms with van der Waals surface area (Å²) in [5.74, 6) is -0.241. The molecule has 1 amide bonds. The predicted octanol–water partition coefficient (Wildman–Crippen LogP) is 4.72. The number of anilines is 1. The zero-order valence-electron chi connectivity index (χ0n) is 14.8. The number of nitrogens with one attached hydrogen (secondary N) is 1. The van der Waals surface area contributed by atoms with Crippen LogP contribution in [0.15, 0.2) is 40.4 Å². The number of carbonyl (C=O) groups excluding carboxylic acids is 1. The summed E-state index contributed by atoms with van der Waals surface area (Å²) in [5, 5.41) is 22.2. The third-order valence-electron chi connectivity index (χ3n) is 3.75. The minimum Gasteiger partial charge on any atom is -0.503 e. The van der Waals surface area contributed by atoms with Gasteiger partial charge in [-0.3, -0.25) is 4.79 Å². The van der Waals surface area contributed by atoms with Crippen molar-refractivity contribution in [2.24, 2.45) is 0 Å². The number of phenols is 1. The molecule has 0 atom stereocenters. The fourth-order valence-electron chi connectivity index (χ4n) is 2.45. The highest BCUT2D eigenvalue weighted by molar-refractivity contribution is 9.10. The second-order valence-corrected chi connectivity index (χ2v) is 6.53. The van der Waals surface area contributed by atoms with Crippen molar-refractivity contribution in [1.82, 2.24) is 0 Å². The first kappa shape index (κ1) is 19.5. The van der Waals surface area contributed by atoms with Crippen molar-refractivity contribution >= 4 is 33.6 Å². The van der Waals surface area contributed by atoms with Crippen LogP contribution in [0, 0.1) is 25.2 Å². The first-order valence-corrected chi connectivity index (χ1v) is 8.81. The lowest BCUT2D eigenvalue weighted by atomic mass is 10.1. The van der Waals surface area contributed by atoms with Crippen LogP contribution in [0.5, 0.6) is 11.5 Å². The first-order chi connectivity index (χ1) is 12.4. The molecule has 26 heavy (non-hydrogen) atoms. The molecule has 5 nitrogen and oxygen atoms in total. The average Bonchev–Trinajstić information content (AvgIpc) is 2.60. The molecule has 6 heteroatoms. The summed E-state index contributed by atoms with van der Waals surface area (Å²) in [4.78, 5) is 12.5. The number of aromatic hydroxyl groups is 1. The van der Waals surface area contributed by atoms with Crippen LogP contribution in [-0.4, -0.2) is 17.6 Å². The minimum absolute atomic E-state index is 0.0255. The number of nitriles is 1. The second-order valence-electron chi connectivity index (χ2n) is 5.67. The summed E-state index contributed by atoms with van der Waals surface area (Å²) in [6.45, 7) is 5.97. The number of carbonyl (C=O) groups is 1. The molecular weight excluding hydrogens is 396 g/mol. The molecule has 0 heterocycles. The lowest BCUT2D eigenvalue weighted by Gasteiger charge is -2.11. The molecule has 2 N–H and O–H groups in total. The predicted molar refractivity (Wildman–Crippen MR) is 105 cm³/mol. The quantitative estimate of drug-likeness (QED) is 0.547. The number of halogens is 1. The number of hydrogen-bond donors (Lipinski definition) is 2. The van der Waals surface area contributed by atoms with Crippen LogP contribution < -0.4 is 10.1 Å². The third kappa shape index (κ3) is 4.44. The number of rotatable bonds is 5.